The van der Waals surface area contributed by atoms with Gasteiger partial charge in [0, 0.05) is 18.6 Å². The summed E-state index contributed by atoms with van der Waals surface area (Å²) in [6.07, 6.45) is 5.76. The summed E-state index contributed by atoms with van der Waals surface area (Å²) in [7, 11) is 0. The monoisotopic (exact) mass is 243 g/mol. The van der Waals surface area contributed by atoms with E-state index in [0.29, 0.717) is 0 Å². The van der Waals surface area contributed by atoms with E-state index in [1.807, 2.05) is 30.3 Å². The molecule has 0 atom stereocenters. The van der Waals surface area contributed by atoms with Gasteiger partial charge in [0.1, 0.15) is 6.61 Å². The SMILES string of the molecule is O=C1[C]=CN(C(=O)OCc2ccccc2)C=CN1. The number of nitrogens with one attached hydrogen (secondary N) is 1. The molecule has 0 aliphatic carbocycles. The molecule has 5 heteroatoms. The van der Waals surface area contributed by atoms with Gasteiger partial charge in [-0.25, -0.2) is 4.79 Å². The molecule has 1 aliphatic heterocycles. The first-order chi connectivity index (χ1) is 8.75. The zero-order valence-electron chi connectivity index (χ0n) is 9.50. The van der Waals surface area contributed by atoms with Gasteiger partial charge in [-0.3, -0.25) is 9.69 Å². The van der Waals surface area contributed by atoms with Crippen molar-refractivity contribution in [2.75, 3.05) is 0 Å². The lowest BCUT2D eigenvalue weighted by atomic mass is 10.2. The highest BCUT2D eigenvalue weighted by Crippen LogP contribution is 2.04. The summed E-state index contributed by atoms with van der Waals surface area (Å²) >= 11 is 0. The summed E-state index contributed by atoms with van der Waals surface area (Å²) in [6.45, 7) is 0.180. The third-order valence-corrected chi connectivity index (χ3v) is 2.20. The molecule has 0 bridgehead atoms. The number of ether oxygens (including phenoxy) is 1. The second-order valence-electron chi connectivity index (χ2n) is 3.51. The Kier molecular flexibility index (Phi) is 3.76. The van der Waals surface area contributed by atoms with Gasteiger partial charge in [-0.1, -0.05) is 30.3 Å². The molecule has 0 fully saturated rings. The van der Waals surface area contributed by atoms with Crippen LogP contribution >= 0.6 is 0 Å². The van der Waals surface area contributed by atoms with Gasteiger partial charge in [0.25, 0.3) is 5.91 Å². The molecule has 1 N–H and O–H groups in total. The van der Waals surface area contributed by atoms with Gasteiger partial charge < -0.3 is 10.1 Å². The summed E-state index contributed by atoms with van der Waals surface area (Å²) in [5.74, 6) is -0.412. The molecule has 0 spiro atoms. The average molecular weight is 243 g/mol. The molecular weight excluding hydrogens is 232 g/mol. The first-order valence-electron chi connectivity index (χ1n) is 5.32. The van der Waals surface area contributed by atoms with E-state index in [0.717, 1.165) is 10.5 Å². The summed E-state index contributed by atoms with van der Waals surface area (Å²) in [5, 5.41) is 2.39. The zero-order chi connectivity index (χ0) is 12.8. The van der Waals surface area contributed by atoms with E-state index in [2.05, 4.69) is 11.4 Å². The molecule has 1 aromatic rings. The van der Waals surface area contributed by atoms with E-state index < -0.39 is 12.0 Å². The van der Waals surface area contributed by atoms with Crippen molar-refractivity contribution in [3.05, 3.63) is 60.6 Å². The van der Waals surface area contributed by atoms with Crippen LogP contribution in [0.15, 0.2) is 48.9 Å². The van der Waals surface area contributed by atoms with Crippen molar-refractivity contribution in [2.24, 2.45) is 0 Å². The Balaban J connectivity index is 1.92. The molecule has 1 heterocycles. The number of benzene rings is 1. The second kappa shape index (κ2) is 5.67. The second-order valence-corrected chi connectivity index (χ2v) is 3.51. The molecule has 1 aliphatic rings. The minimum Gasteiger partial charge on any atom is -0.444 e. The average Bonchev–Trinajstić information content (AvgIpc) is 2.62. The Morgan fingerprint density at radius 3 is 2.89 bits per heavy atom. The molecule has 18 heavy (non-hydrogen) atoms. The topological polar surface area (TPSA) is 58.6 Å². The summed E-state index contributed by atoms with van der Waals surface area (Å²) in [5.41, 5.74) is 0.895. The molecule has 91 valence electrons. The van der Waals surface area contributed by atoms with Crippen LogP contribution in [0.1, 0.15) is 5.56 Å². The quantitative estimate of drug-likeness (QED) is 0.857. The van der Waals surface area contributed by atoms with E-state index in [9.17, 15) is 9.59 Å². The van der Waals surface area contributed by atoms with Crippen LogP contribution in [0.3, 0.4) is 0 Å². The molecule has 2 amide bonds. The van der Waals surface area contributed by atoms with Crippen LogP contribution in [0, 0.1) is 6.08 Å². The molecule has 2 rings (SSSR count). The number of hydrogen-bond acceptors (Lipinski definition) is 3. The third-order valence-electron chi connectivity index (χ3n) is 2.20. The lowest BCUT2D eigenvalue weighted by molar-refractivity contribution is -0.116. The molecule has 0 saturated heterocycles. The summed E-state index contributed by atoms with van der Waals surface area (Å²) in [4.78, 5) is 23.8. The maximum atomic E-state index is 11.7. The predicted octanol–water partition coefficient (Wildman–Crippen LogP) is 1.54. The minimum absolute atomic E-state index is 0.180. The van der Waals surface area contributed by atoms with Crippen LogP contribution in [0.5, 0.6) is 0 Å². The van der Waals surface area contributed by atoms with E-state index in [4.69, 9.17) is 4.74 Å². The predicted molar refractivity (Wildman–Crippen MR) is 63.6 cm³/mol. The summed E-state index contributed by atoms with van der Waals surface area (Å²) in [6, 6.07) is 9.34. The number of carbonyl (C=O) groups is 2. The van der Waals surface area contributed by atoms with Crippen LogP contribution in [-0.2, 0) is 16.1 Å². The number of hydrogen-bond donors (Lipinski definition) is 1. The zero-order valence-corrected chi connectivity index (χ0v) is 9.50. The standard InChI is InChI=1S/C13H11N2O3/c16-12-6-8-15(9-7-14-12)13(17)18-10-11-4-2-1-3-5-11/h1-5,7-9H,10H2,(H,14,16). The minimum atomic E-state index is -0.570. The van der Waals surface area contributed by atoms with Crippen molar-refractivity contribution in [3.8, 4) is 0 Å². The van der Waals surface area contributed by atoms with Crippen LogP contribution < -0.4 is 5.32 Å². The lowest BCUT2D eigenvalue weighted by Crippen LogP contribution is -2.20. The highest BCUT2D eigenvalue weighted by Gasteiger charge is 2.12. The molecule has 0 aromatic heterocycles. The fraction of sp³-hybridized carbons (Fsp3) is 0.0769. The first-order valence-corrected chi connectivity index (χ1v) is 5.32. The molecule has 0 unspecified atom stereocenters. The Labute approximate surface area is 104 Å². The smallest absolute Gasteiger partial charge is 0.418 e. The highest BCUT2D eigenvalue weighted by atomic mass is 16.6. The lowest BCUT2D eigenvalue weighted by Gasteiger charge is -2.12. The van der Waals surface area contributed by atoms with Crippen LogP contribution in [0.25, 0.3) is 0 Å². The van der Waals surface area contributed by atoms with Gasteiger partial charge in [-0.2, -0.15) is 0 Å². The van der Waals surface area contributed by atoms with Crippen LogP contribution in [-0.4, -0.2) is 16.9 Å². The fourth-order valence-electron chi connectivity index (χ4n) is 1.31. The van der Waals surface area contributed by atoms with Crippen molar-refractivity contribution in [3.63, 3.8) is 0 Å². The number of nitrogens with zero attached hydrogens (tertiary/aromatic N) is 1. The molecule has 0 saturated carbocycles. The van der Waals surface area contributed by atoms with Crippen LogP contribution in [0.2, 0.25) is 0 Å². The van der Waals surface area contributed by atoms with Gasteiger partial charge in [0.2, 0.25) is 0 Å². The fourth-order valence-corrected chi connectivity index (χ4v) is 1.31. The number of carbonyl (C=O) groups excluding carboxylic acids is 2. The summed E-state index contributed by atoms with van der Waals surface area (Å²) < 4.78 is 5.08. The first kappa shape index (κ1) is 11.9. The van der Waals surface area contributed by atoms with Gasteiger partial charge >= 0.3 is 6.09 Å². The van der Waals surface area contributed by atoms with E-state index in [1.54, 1.807) is 0 Å². The number of amides is 2. The molecule has 1 aromatic carbocycles. The Morgan fingerprint density at radius 1 is 1.33 bits per heavy atom. The van der Waals surface area contributed by atoms with E-state index in [1.165, 1.54) is 18.6 Å². The van der Waals surface area contributed by atoms with E-state index >= 15 is 0 Å². The van der Waals surface area contributed by atoms with Gasteiger partial charge in [-0.05, 0) is 5.56 Å². The largest absolute Gasteiger partial charge is 0.444 e. The Bertz CT molecular complexity index is 494. The van der Waals surface area contributed by atoms with Crippen molar-refractivity contribution in [1.29, 1.82) is 0 Å². The molecule has 1 radical (unpaired) electrons. The Hall–Kier alpha value is -2.56. The molecular formula is C13H11N2O3. The van der Waals surface area contributed by atoms with Crippen molar-refractivity contribution < 1.29 is 14.3 Å². The maximum absolute atomic E-state index is 11.7. The van der Waals surface area contributed by atoms with Crippen molar-refractivity contribution >= 4 is 12.0 Å². The highest BCUT2D eigenvalue weighted by molar-refractivity contribution is 5.85. The van der Waals surface area contributed by atoms with Crippen molar-refractivity contribution in [2.45, 2.75) is 6.61 Å². The van der Waals surface area contributed by atoms with Crippen molar-refractivity contribution in [1.82, 2.24) is 10.2 Å². The third kappa shape index (κ3) is 3.21. The Morgan fingerprint density at radius 2 is 2.11 bits per heavy atom. The van der Waals surface area contributed by atoms with Gasteiger partial charge in [-0.15, -0.1) is 0 Å². The van der Waals surface area contributed by atoms with Gasteiger partial charge in [0.05, 0.1) is 6.08 Å². The van der Waals surface area contributed by atoms with Crippen LogP contribution in [0.4, 0.5) is 4.79 Å². The van der Waals surface area contributed by atoms with Gasteiger partial charge in [0.15, 0.2) is 0 Å². The molecule has 5 nitrogen and oxygen atoms in total. The normalized spacial score (nSPS) is 14.0. The number of rotatable bonds is 2. The van der Waals surface area contributed by atoms with E-state index in [-0.39, 0.29) is 6.61 Å². The maximum Gasteiger partial charge on any atom is 0.418 e.